The molecule has 1 heterocycles. The van der Waals surface area contributed by atoms with Crippen LogP contribution in [0.5, 0.6) is 0 Å². The summed E-state index contributed by atoms with van der Waals surface area (Å²) in [7, 11) is -1.69. The number of sulfonamides is 1. The first kappa shape index (κ1) is 13.2. The Balaban J connectivity index is 3.08. The maximum atomic E-state index is 12.0. The lowest BCUT2D eigenvalue weighted by molar-refractivity contribution is 0.559. The Morgan fingerprint density at radius 2 is 1.94 bits per heavy atom. The van der Waals surface area contributed by atoms with E-state index in [0.29, 0.717) is 22.8 Å². The van der Waals surface area contributed by atoms with Gasteiger partial charge in [-0.05, 0) is 19.8 Å². The minimum atomic E-state index is -3.43. The van der Waals surface area contributed by atoms with Crippen molar-refractivity contribution in [3.8, 4) is 0 Å². The van der Waals surface area contributed by atoms with E-state index in [4.69, 9.17) is 0 Å². The van der Waals surface area contributed by atoms with Crippen LogP contribution in [0.2, 0.25) is 0 Å². The monoisotopic (exact) mass is 245 g/mol. The van der Waals surface area contributed by atoms with E-state index < -0.39 is 10.0 Å². The predicted octanol–water partition coefficient (Wildman–Crippen LogP) is 0.971. The molecule has 0 amide bonds. The van der Waals surface area contributed by atoms with Crippen molar-refractivity contribution in [3.05, 3.63) is 11.4 Å². The molecule has 1 rings (SSSR count). The Bertz CT molecular complexity index is 474. The molecule has 1 aromatic heterocycles. The molecule has 0 unspecified atom stereocenters. The molecule has 0 saturated heterocycles. The molecule has 0 aliphatic carbocycles. The summed E-state index contributed by atoms with van der Waals surface area (Å²) in [6.07, 6.45) is 0. The molecule has 92 valence electrons. The van der Waals surface area contributed by atoms with Crippen molar-refractivity contribution in [1.82, 2.24) is 14.5 Å². The van der Waals surface area contributed by atoms with Gasteiger partial charge in [-0.1, -0.05) is 13.8 Å². The van der Waals surface area contributed by atoms with Crippen molar-refractivity contribution < 1.29 is 8.42 Å². The molecular weight excluding hydrogens is 226 g/mol. The highest BCUT2D eigenvalue weighted by atomic mass is 32.2. The average Bonchev–Trinajstić information content (AvgIpc) is 2.38. The predicted molar refractivity (Wildman–Crippen MR) is 62.7 cm³/mol. The lowest BCUT2D eigenvalue weighted by Gasteiger charge is -2.08. The third-order valence-electron chi connectivity index (χ3n) is 2.39. The van der Waals surface area contributed by atoms with Crippen molar-refractivity contribution in [2.24, 2.45) is 13.0 Å². The van der Waals surface area contributed by atoms with Gasteiger partial charge in [-0.15, -0.1) is 0 Å². The molecule has 0 saturated carbocycles. The summed E-state index contributed by atoms with van der Waals surface area (Å²) in [5.41, 5.74) is 1.20. The van der Waals surface area contributed by atoms with Crippen molar-refractivity contribution in [3.63, 3.8) is 0 Å². The average molecular weight is 245 g/mol. The summed E-state index contributed by atoms with van der Waals surface area (Å²) in [4.78, 5) is 0.302. The summed E-state index contributed by atoms with van der Waals surface area (Å²) in [5.74, 6) is 0.284. The van der Waals surface area contributed by atoms with Gasteiger partial charge in [-0.2, -0.15) is 5.10 Å². The highest BCUT2D eigenvalue weighted by Crippen LogP contribution is 2.18. The molecule has 0 aromatic carbocycles. The van der Waals surface area contributed by atoms with Crippen molar-refractivity contribution >= 4 is 10.0 Å². The van der Waals surface area contributed by atoms with Crippen LogP contribution in [0.15, 0.2) is 4.90 Å². The molecule has 0 atom stereocenters. The SMILES string of the molecule is Cc1nn(C)c(C)c1S(=O)(=O)NCC(C)C. The van der Waals surface area contributed by atoms with E-state index in [1.54, 1.807) is 25.6 Å². The van der Waals surface area contributed by atoms with Gasteiger partial charge in [0, 0.05) is 13.6 Å². The Kier molecular flexibility index (Phi) is 3.75. The lowest BCUT2D eigenvalue weighted by Crippen LogP contribution is -2.28. The van der Waals surface area contributed by atoms with Gasteiger partial charge in [0.05, 0.1) is 11.4 Å². The van der Waals surface area contributed by atoms with Gasteiger partial charge >= 0.3 is 0 Å². The van der Waals surface area contributed by atoms with E-state index in [2.05, 4.69) is 9.82 Å². The van der Waals surface area contributed by atoms with Crippen molar-refractivity contribution in [1.29, 1.82) is 0 Å². The van der Waals surface area contributed by atoms with Crippen LogP contribution in [0.25, 0.3) is 0 Å². The Morgan fingerprint density at radius 3 is 2.31 bits per heavy atom. The van der Waals surface area contributed by atoms with Crippen LogP contribution >= 0.6 is 0 Å². The summed E-state index contributed by atoms with van der Waals surface area (Å²) in [6, 6.07) is 0. The number of nitrogens with zero attached hydrogens (tertiary/aromatic N) is 2. The standard InChI is InChI=1S/C10H19N3O2S/c1-7(2)6-11-16(14,15)10-8(3)12-13(5)9(10)4/h7,11H,6H2,1-5H3. The fourth-order valence-corrected chi connectivity index (χ4v) is 3.14. The van der Waals surface area contributed by atoms with E-state index in [1.165, 1.54) is 0 Å². The van der Waals surface area contributed by atoms with Gasteiger partial charge in [0.25, 0.3) is 0 Å². The first-order chi connectivity index (χ1) is 7.25. The normalized spacial score (nSPS) is 12.4. The Morgan fingerprint density at radius 1 is 1.38 bits per heavy atom. The number of hydrogen-bond donors (Lipinski definition) is 1. The zero-order valence-corrected chi connectivity index (χ0v) is 11.2. The molecule has 0 bridgehead atoms. The number of nitrogens with one attached hydrogen (secondary N) is 1. The number of aryl methyl sites for hydroxylation is 2. The maximum absolute atomic E-state index is 12.0. The summed E-state index contributed by atoms with van der Waals surface area (Å²) < 4.78 is 28.2. The molecule has 0 aliphatic heterocycles. The topological polar surface area (TPSA) is 64.0 Å². The van der Waals surface area contributed by atoms with Crippen LogP contribution in [-0.2, 0) is 17.1 Å². The second-order valence-corrected chi connectivity index (χ2v) is 6.07. The van der Waals surface area contributed by atoms with Crippen molar-refractivity contribution in [2.75, 3.05) is 6.54 Å². The fourth-order valence-electron chi connectivity index (χ4n) is 1.49. The summed E-state index contributed by atoms with van der Waals surface area (Å²) in [6.45, 7) is 7.83. The number of aromatic nitrogens is 2. The summed E-state index contributed by atoms with van der Waals surface area (Å²) >= 11 is 0. The van der Waals surface area contributed by atoms with E-state index in [-0.39, 0.29) is 5.92 Å². The van der Waals surface area contributed by atoms with Gasteiger partial charge in [0.1, 0.15) is 4.90 Å². The van der Waals surface area contributed by atoms with E-state index in [0.717, 1.165) is 0 Å². The van der Waals surface area contributed by atoms with Crippen LogP contribution in [-0.4, -0.2) is 24.7 Å². The molecule has 1 aromatic rings. The van der Waals surface area contributed by atoms with Crippen LogP contribution in [0.1, 0.15) is 25.2 Å². The van der Waals surface area contributed by atoms with Crippen molar-refractivity contribution in [2.45, 2.75) is 32.6 Å². The fraction of sp³-hybridized carbons (Fsp3) is 0.700. The first-order valence-corrected chi connectivity index (χ1v) is 6.74. The molecule has 0 aliphatic rings. The molecule has 1 N–H and O–H groups in total. The Labute approximate surface area is 96.9 Å². The second-order valence-electron chi connectivity index (χ2n) is 4.37. The van der Waals surface area contributed by atoms with E-state index in [9.17, 15) is 8.42 Å². The lowest BCUT2D eigenvalue weighted by atomic mass is 10.2. The van der Waals surface area contributed by atoms with Gasteiger partial charge in [0.2, 0.25) is 10.0 Å². The quantitative estimate of drug-likeness (QED) is 0.859. The highest BCUT2D eigenvalue weighted by molar-refractivity contribution is 7.89. The van der Waals surface area contributed by atoms with Gasteiger partial charge in [0.15, 0.2) is 0 Å². The molecular formula is C10H19N3O2S. The third-order valence-corrected chi connectivity index (χ3v) is 4.07. The van der Waals surface area contributed by atoms with Crippen LogP contribution in [0.3, 0.4) is 0 Å². The minimum Gasteiger partial charge on any atom is -0.271 e. The van der Waals surface area contributed by atoms with Crippen LogP contribution < -0.4 is 4.72 Å². The molecule has 0 radical (unpaired) electrons. The van der Waals surface area contributed by atoms with Gasteiger partial charge < -0.3 is 0 Å². The highest BCUT2D eigenvalue weighted by Gasteiger charge is 2.23. The first-order valence-electron chi connectivity index (χ1n) is 5.25. The van der Waals surface area contributed by atoms with Gasteiger partial charge in [-0.3, -0.25) is 4.68 Å². The van der Waals surface area contributed by atoms with E-state index in [1.807, 2.05) is 13.8 Å². The Hall–Kier alpha value is -0.880. The minimum absolute atomic E-state index is 0.284. The molecule has 6 heteroatoms. The smallest absolute Gasteiger partial charge is 0.244 e. The zero-order chi connectivity index (χ0) is 12.5. The van der Waals surface area contributed by atoms with Crippen LogP contribution in [0, 0.1) is 19.8 Å². The molecule has 16 heavy (non-hydrogen) atoms. The largest absolute Gasteiger partial charge is 0.271 e. The maximum Gasteiger partial charge on any atom is 0.244 e. The molecule has 0 spiro atoms. The van der Waals surface area contributed by atoms with E-state index >= 15 is 0 Å². The third kappa shape index (κ3) is 2.62. The summed E-state index contributed by atoms with van der Waals surface area (Å²) in [5, 5.41) is 4.10. The molecule has 0 fully saturated rings. The number of rotatable bonds is 4. The molecule has 5 nitrogen and oxygen atoms in total. The van der Waals surface area contributed by atoms with Crippen LogP contribution in [0.4, 0.5) is 0 Å². The number of hydrogen-bond acceptors (Lipinski definition) is 3. The second kappa shape index (κ2) is 4.55. The van der Waals surface area contributed by atoms with Gasteiger partial charge in [-0.25, -0.2) is 13.1 Å². The zero-order valence-electron chi connectivity index (χ0n) is 10.4.